The van der Waals surface area contributed by atoms with Crippen LogP contribution >= 0.6 is 0 Å². The van der Waals surface area contributed by atoms with Gasteiger partial charge >= 0.3 is 0 Å². The lowest BCUT2D eigenvalue weighted by Gasteiger charge is -2.15. The average molecular weight is 285 g/mol. The van der Waals surface area contributed by atoms with E-state index in [1.165, 1.54) is 11.6 Å². The Balaban J connectivity index is 2.12. The van der Waals surface area contributed by atoms with Crippen molar-refractivity contribution in [1.82, 2.24) is 10.3 Å². The lowest BCUT2D eigenvalue weighted by molar-refractivity contribution is -0.385. The van der Waals surface area contributed by atoms with Crippen molar-refractivity contribution in [2.75, 3.05) is 0 Å². The minimum absolute atomic E-state index is 0.113. The van der Waals surface area contributed by atoms with Crippen LogP contribution in [-0.2, 0) is 13.0 Å². The third-order valence-corrected chi connectivity index (χ3v) is 3.54. The van der Waals surface area contributed by atoms with Crippen molar-refractivity contribution in [3.8, 4) is 0 Å². The highest BCUT2D eigenvalue weighted by Crippen LogP contribution is 2.24. The number of aromatic nitrogens is 1. The first-order valence-corrected chi connectivity index (χ1v) is 7.03. The zero-order valence-electron chi connectivity index (χ0n) is 12.2. The smallest absolute Gasteiger partial charge is 0.274 e. The van der Waals surface area contributed by atoms with Crippen molar-refractivity contribution < 1.29 is 4.92 Å². The summed E-state index contributed by atoms with van der Waals surface area (Å²) in [5.41, 5.74) is 3.02. The van der Waals surface area contributed by atoms with Gasteiger partial charge in [0.25, 0.3) is 5.69 Å². The maximum Gasteiger partial charge on any atom is 0.274 e. The van der Waals surface area contributed by atoms with Crippen molar-refractivity contribution in [2.45, 2.75) is 32.9 Å². The number of nitrogens with one attached hydrogen (secondary N) is 1. The lowest BCUT2D eigenvalue weighted by atomic mass is 10.1. The molecule has 110 valence electrons. The Hall–Kier alpha value is -2.27. The SMILES string of the molecule is CCc1cccnc1CNC(C)c1ccccc1[N+](=O)[O-]. The summed E-state index contributed by atoms with van der Waals surface area (Å²) in [7, 11) is 0. The number of benzene rings is 1. The minimum atomic E-state index is -0.342. The monoisotopic (exact) mass is 285 g/mol. The maximum absolute atomic E-state index is 11.1. The first-order chi connectivity index (χ1) is 10.1. The Kier molecular flexibility index (Phi) is 5.00. The zero-order chi connectivity index (χ0) is 15.2. The van der Waals surface area contributed by atoms with Gasteiger partial charge in [-0.2, -0.15) is 0 Å². The van der Waals surface area contributed by atoms with Crippen LogP contribution in [0.5, 0.6) is 0 Å². The summed E-state index contributed by atoms with van der Waals surface area (Å²) in [5, 5.41) is 14.4. The van der Waals surface area contributed by atoms with E-state index in [1.807, 2.05) is 19.1 Å². The van der Waals surface area contributed by atoms with Gasteiger partial charge in [0.2, 0.25) is 0 Å². The Morgan fingerprint density at radius 1 is 1.29 bits per heavy atom. The summed E-state index contributed by atoms with van der Waals surface area (Å²) in [5.74, 6) is 0. The molecule has 0 aliphatic rings. The van der Waals surface area contributed by atoms with Gasteiger partial charge in [0.05, 0.1) is 10.6 Å². The molecule has 0 amide bonds. The third kappa shape index (κ3) is 3.64. The molecule has 0 saturated heterocycles. The van der Waals surface area contributed by atoms with E-state index < -0.39 is 0 Å². The number of rotatable bonds is 6. The molecular formula is C16H19N3O2. The highest BCUT2D eigenvalue weighted by Gasteiger charge is 2.17. The molecular weight excluding hydrogens is 266 g/mol. The van der Waals surface area contributed by atoms with Crippen molar-refractivity contribution in [3.05, 3.63) is 69.5 Å². The second-order valence-electron chi connectivity index (χ2n) is 4.88. The Morgan fingerprint density at radius 3 is 2.76 bits per heavy atom. The van der Waals surface area contributed by atoms with E-state index in [1.54, 1.807) is 18.3 Å². The second kappa shape index (κ2) is 6.95. The predicted molar refractivity (Wildman–Crippen MR) is 82.0 cm³/mol. The number of para-hydroxylation sites is 1. The van der Waals surface area contributed by atoms with Crippen LogP contribution in [0, 0.1) is 10.1 Å². The summed E-state index contributed by atoms with van der Waals surface area (Å²) in [6.45, 7) is 4.61. The van der Waals surface area contributed by atoms with Crippen LogP contribution in [0.4, 0.5) is 5.69 Å². The molecule has 0 fully saturated rings. The molecule has 1 aromatic carbocycles. The largest absolute Gasteiger partial charge is 0.304 e. The Labute approximate surface area is 124 Å². The number of hydrogen-bond acceptors (Lipinski definition) is 4. The lowest BCUT2D eigenvalue weighted by Crippen LogP contribution is -2.20. The molecule has 1 heterocycles. The topological polar surface area (TPSA) is 68.1 Å². The number of nitro groups is 1. The van der Waals surface area contributed by atoms with E-state index >= 15 is 0 Å². The van der Waals surface area contributed by atoms with Crippen LogP contribution in [0.1, 0.15) is 36.7 Å². The van der Waals surface area contributed by atoms with Crippen LogP contribution in [0.15, 0.2) is 42.6 Å². The van der Waals surface area contributed by atoms with E-state index in [-0.39, 0.29) is 16.7 Å². The van der Waals surface area contributed by atoms with Gasteiger partial charge < -0.3 is 5.32 Å². The molecule has 0 bridgehead atoms. The van der Waals surface area contributed by atoms with Gasteiger partial charge in [-0.15, -0.1) is 0 Å². The van der Waals surface area contributed by atoms with E-state index in [0.29, 0.717) is 12.1 Å². The summed E-state index contributed by atoms with van der Waals surface area (Å²) < 4.78 is 0. The van der Waals surface area contributed by atoms with Crippen molar-refractivity contribution >= 4 is 5.69 Å². The molecule has 2 rings (SSSR count). The van der Waals surface area contributed by atoms with Crippen LogP contribution in [0.2, 0.25) is 0 Å². The summed E-state index contributed by atoms with van der Waals surface area (Å²) >= 11 is 0. The minimum Gasteiger partial charge on any atom is -0.304 e. The number of hydrogen-bond donors (Lipinski definition) is 1. The highest BCUT2D eigenvalue weighted by molar-refractivity contribution is 5.41. The quantitative estimate of drug-likeness (QED) is 0.652. The summed E-state index contributed by atoms with van der Waals surface area (Å²) in [6.07, 6.45) is 2.69. The van der Waals surface area contributed by atoms with E-state index in [2.05, 4.69) is 23.3 Å². The first kappa shape index (κ1) is 15.1. The number of aryl methyl sites for hydroxylation is 1. The molecule has 1 aromatic heterocycles. The van der Waals surface area contributed by atoms with Gasteiger partial charge in [0, 0.05) is 30.4 Å². The molecule has 21 heavy (non-hydrogen) atoms. The van der Waals surface area contributed by atoms with E-state index in [4.69, 9.17) is 0 Å². The third-order valence-electron chi connectivity index (χ3n) is 3.54. The van der Waals surface area contributed by atoms with Gasteiger partial charge in [0.15, 0.2) is 0 Å². The predicted octanol–water partition coefficient (Wildman–Crippen LogP) is 3.40. The molecule has 0 spiro atoms. The first-order valence-electron chi connectivity index (χ1n) is 7.03. The molecule has 0 saturated carbocycles. The molecule has 1 unspecified atom stereocenters. The molecule has 2 aromatic rings. The summed E-state index contributed by atoms with van der Waals surface area (Å²) in [4.78, 5) is 15.1. The van der Waals surface area contributed by atoms with Crippen LogP contribution in [0.3, 0.4) is 0 Å². The molecule has 5 nitrogen and oxygen atoms in total. The van der Waals surface area contributed by atoms with Gasteiger partial charge in [-0.05, 0) is 25.0 Å². The Morgan fingerprint density at radius 2 is 2.05 bits per heavy atom. The molecule has 5 heteroatoms. The fourth-order valence-corrected chi connectivity index (χ4v) is 2.33. The fourth-order valence-electron chi connectivity index (χ4n) is 2.33. The van der Waals surface area contributed by atoms with Crippen LogP contribution < -0.4 is 5.32 Å². The normalized spacial score (nSPS) is 12.1. The Bertz CT molecular complexity index is 628. The van der Waals surface area contributed by atoms with Crippen LogP contribution in [0.25, 0.3) is 0 Å². The molecule has 0 aliphatic heterocycles. The zero-order valence-corrected chi connectivity index (χ0v) is 12.2. The van der Waals surface area contributed by atoms with Gasteiger partial charge in [0.1, 0.15) is 0 Å². The van der Waals surface area contributed by atoms with Crippen molar-refractivity contribution in [2.24, 2.45) is 0 Å². The molecule has 1 atom stereocenters. The highest BCUT2D eigenvalue weighted by atomic mass is 16.6. The van der Waals surface area contributed by atoms with E-state index in [0.717, 1.165) is 12.1 Å². The average Bonchev–Trinajstić information content (AvgIpc) is 2.52. The fraction of sp³-hybridized carbons (Fsp3) is 0.312. The van der Waals surface area contributed by atoms with E-state index in [9.17, 15) is 10.1 Å². The standard InChI is InChI=1S/C16H19N3O2/c1-3-13-7-6-10-17-15(13)11-18-12(2)14-8-4-5-9-16(14)19(20)21/h4-10,12,18H,3,11H2,1-2H3. The number of nitrogens with zero attached hydrogens (tertiary/aromatic N) is 2. The molecule has 0 aliphatic carbocycles. The number of nitro benzene ring substituents is 1. The maximum atomic E-state index is 11.1. The summed E-state index contributed by atoms with van der Waals surface area (Å²) in [6, 6.07) is 10.7. The van der Waals surface area contributed by atoms with Crippen LogP contribution in [-0.4, -0.2) is 9.91 Å². The van der Waals surface area contributed by atoms with Gasteiger partial charge in [-0.25, -0.2) is 0 Å². The van der Waals surface area contributed by atoms with Gasteiger partial charge in [-0.1, -0.05) is 31.2 Å². The van der Waals surface area contributed by atoms with Crippen molar-refractivity contribution in [3.63, 3.8) is 0 Å². The molecule has 0 radical (unpaired) electrons. The second-order valence-corrected chi connectivity index (χ2v) is 4.88. The van der Waals surface area contributed by atoms with Crippen molar-refractivity contribution in [1.29, 1.82) is 0 Å². The molecule has 1 N–H and O–H groups in total. The number of pyridine rings is 1. The van der Waals surface area contributed by atoms with Gasteiger partial charge in [-0.3, -0.25) is 15.1 Å².